The summed E-state index contributed by atoms with van der Waals surface area (Å²) in [5.41, 5.74) is 1.21. The molecule has 2 N–H and O–H groups in total. The molecule has 1 amide bonds. The maximum Gasteiger partial charge on any atom is 0.239 e. The SMILES string of the molecule is O=C([C@@H]1CCCN1)N1CCC2(CCN(c3nccc(NCc4ccc(Cl)cc4Cl)n3)CC2)C1. The van der Waals surface area contributed by atoms with Crippen molar-refractivity contribution in [2.45, 2.75) is 44.7 Å². The van der Waals surface area contributed by atoms with Gasteiger partial charge in [0.05, 0.1) is 6.04 Å². The zero-order valence-corrected chi connectivity index (χ0v) is 20.2. The molecule has 0 aliphatic carbocycles. The molecule has 33 heavy (non-hydrogen) atoms. The molecule has 2 aromatic rings. The summed E-state index contributed by atoms with van der Waals surface area (Å²) in [6.07, 6.45) is 7.10. The number of rotatable bonds is 5. The molecule has 3 aliphatic rings. The van der Waals surface area contributed by atoms with Crippen LogP contribution in [0.15, 0.2) is 30.5 Å². The number of amides is 1. The molecule has 1 aromatic carbocycles. The van der Waals surface area contributed by atoms with Gasteiger partial charge in [0.1, 0.15) is 5.82 Å². The van der Waals surface area contributed by atoms with E-state index in [0.29, 0.717) is 22.5 Å². The van der Waals surface area contributed by atoms with E-state index in [-0.39, 0.29) is 11.5 Å². The number of likely N-dealkylation sites (tertiary alicyclic amines) is 1. The Labute approximate surface area is 204 Å². The molecular formula is C24H30Cl2N6O. The normalized spacial score (nSPS) is 22.2. The van der Waals surface area contributed by atoms with Crippen LogP contribution < -0.4 is 15.5 Å². The lowest BCUT2D eigenvalue weighted by Gasteiger charge is -2.39. The first-order chi connectivity index (χ1) is 16.0. The third-order valence-electron chi connectivity index (χ3n) is 7.33. The monoisotopic (exact) mass is 488 g/mol. The number of hydrogen-bond acceptors (Lipinski definition) is 6. The molecule has 0 saturated carbocycles. The molecule has 0 unspecified atom stereocenters. The highest BCUT2D eigenvalue weighted by Crippen LogP contribution is 2.41. The van der Waals surface area contributed by atoms with Gasteiger partial charge in [-0.2, -0.15) is 4.98 Å². The van der Waals surface area contributed by atoms with E-state index in [2.05, 4.69) is 25.4 Å². The van der Waals surface area contributed by atoms with Crippen LogP contribution >= 0.6 is 23.2 Å². The van der Waals surface area contributed by atoms with Gasteiger partial charge in [-0.1, -0.05) is 29.3 Å². The van der Waals surface area contributed by atoms with Crippen molar-refractivity contribution < 1.29 is 4.79 Å². The molecule has 4 heterocycles. The number of piperidine rings is 1. The van der Waals surface area contributed by atoms with Crippen molar-refractivity contribution in [2.24, 2.45) is 5.41 Å². The van der Waals surface area contributed by atoms with Crippen LogP contribution in [0.4, 0.5) is 11.8 Å². The van der Waals surface area contributed by atoms with Crippen molar-refractivity contribution in [2.75, 3.05) is 42.9 Å². The molecule has 1 atom stereocenters. The van der Waals surface area contributed by atoms with Crippen LogP contribution in [0.5, 0.6) is 0 Å². The zero-order chi connectivity index (χ0) is 22.8. The van der Waals surface area contributed by atoms with Gasteiger partial charge < -0.3 is 20.4 Å². The van der Waals surface area contributed by atoms with Crippen LogP contribution in [0.25, 0.3) is 0 Å². The summed E-state index contributed by atoms with van der Waals surface area (Å²) < 4.78 is 0. The first-order valence-electron chi connectivity index (χ1n) is 11.8. The molecule has 7 nitrogen and oxygen atoms in total. The summed E-state index contributed by atoms with van der Waals surface area (Å²) in [6, 6.07) is 7.41. The predicted molar refractivity (Wildman–Crippen MR) is 132 cm³/mol. The minimum atomic E-state index is 0.0339. The van der Waals surface area contributed by atoms with Gasteiger partial charge in [0.2, 0.25) is 11.9 Å². The number of benzene rings is 1. The van der Waals surface area contributed by atoms with E-state index in [1.165, 1.54) is 0 Å². The lowest BCUT2D eigenvalue weighted by atomic mass is 9.78. The second kappa shape index (κ2) is 9.65. The molecule has 3 saturated heterocycles. The highest BCUT2D eigenvalue weighted by molar-refractivity contribution is 6.35. The van der Waals surface area contributed by atoms with Gasteiger partial charge in [0.25, 0.3) is 0 Å². The van der Waals surface area contributed by atoms with Crippen LogP contribution in [-0.2, 0) is 11.3 Å². The number of nitrogens with one attached hydrogen (secondary N) is 2. The number of carbonyl (C=O) groups is 1. The van der Waals surface area contributed by atoms with Gasteiger partial charge in [-0.15, -0.1) is 0 Å². The van der Waals surface area contributed by atoms with Crippen molar-refractivity contribution in [3.8, 4) is 0 Å². The third kappa shape index (κ3) is 5.05. The van der Waals surface area contributed by atoms with Gasteiger partial charge in [-0.25, -0.2) is 4.98 Å². The Morgan fingerprint density at radius 1 is 1.18 bits per heavy atom. The average molecular weight is 489 g/mol. The summed E-state index contributed by atoms with van der Waals surface area (Å²) >= 11 is 12.3. The average Bonchev–Trinajstić information content (AvgIpc) is 3.50. The van der Waals surface area contributed by atoms with E-state index in [0.717, 1.165) is 82.2 Å². The van der Waals surface area contributed by atoms with E-state index < -0.39 is 0 Å². The van der Waals surface area contributed by atoms with Crippen LogP contribution in [0.3, 0.4) is 0 Å². The van der Waals surface area contributed by atoms with Gasteiger partial charge in [-0.3, -0.25) is 4.79 Å². The smallest absolute Gasteiger partial charge is 0.239 e. The number of halogens is 2. The Morgan fingerprint density at radius 3 is 2.76 bits per heavy atom. The Kier molecular flexibility index (Phi) is 6.63. The number of carbonyl (C=O) groups excluding carboxylic acids is 1. The number of nitrogens with zero attached hydrogens (tertiary/aromatic N) is 4. The number of aromatic nitrogens is 2. The second-order valence-corrected chi connectivity index (χ2v) is 10.3. The van der Waals surface area contributed by atoms with Crippen LogP contribution in [0.1, 0.15) is 37.7 Å². The van der Waals surface area contributed by atoms with E-state index in [1.54, 1.807) is 12.3 Å². The maximum atomic E-state index is 12.8. The molecule has 5 rings (SSSR count). The lowest BCUT2D eigenvalue weighted by molar-refractivity contribution is -0.132. The van der Waals surface area contributed by atoms with Crippen molar-refractivity contribution in [1.29, 1.82) is 0 Å². The summed E-state index contributed by atoms with van der Waals surface area (Å²) in [4.78, 5) is 26.4. The van der Waals surface area contributed by atoms with Crippen LogP contribution in [0, 0.1) is 5.41 Å². The fraction of sp³-hybridized carbons (Fsp3) is 0.542. The minimum absolute atomic E-state index is 0.0339. The molecule has 0 bridgehead atoms. The fourth-order valence-corrected chi connectivity index (χ4v) is 5.75. The first kappa shape index (κ1) is 22.7. The summed E-state index contributed by atoms with van der Waals surface area (Å²) in [6.45, 7) is 5.13. The van der Waals surface area contributed by atoms with E-state index in [9.17, 15) is 4.79 Å². The Bertz CT molecular complexity index is 1000. The molecule has 1 spiro atoms. The van der Waals surface area contributed by atoms with E-state index in [1.807, 2.05) is 18.2 Å². The topological polar surface area (TPSA) is 73.4 Å². The van der Waals surface area contributed by atoms with Crippen molar-refractivity contribution >= 4 is 40.9 Å². The molecular weight excluding hydrogens is 459 g/mol. The highest BCUT2D eigenvalue weighted by Gasteiger charge is 2.43. The summed E-state index contributed by atoms with van der Waals surface area (Å²) in [5.74, 6) is 1.82. The maximum absolute atomic E-state index is 12.8. The Balaban J connectivity index is 1.16. The van der Waals surface area contributed by atoms with Crippen molar-refractivity contribution in [1.82, 2.24) is 20.2 Å². The molecule has 3 aliphatic heterocycles. The minimum Gasteiger partial charge on any atom is -0.366 e. The lowest BCUT2D eigenvalue weighted by Crippen LogP contribution is -2.46. The first-order valence-corrected chi connectivity index (χ1v) is 12.5. The molecule has 9 heteroatoms. The Morgan fingerprint density at radius 2 is 2.00 bits per heavy atom. The summed E-state index contributed by atoms with van der Waals surface area (Å²) in [7, 11) is 0. The number of hydrogen-bond donors (Lipinski definition) is 2. The van der Waals surface area contributed by atoms with E-state index >= 15 is 0 Å². The van der Waals surface area contributed by atoms with Crippen LogP contribution in [0.2, 0.25) is 10.0 Å². The fourth-order valence-electron chi connectivity index (χ4n) is 5.28. The Hall–Kier alpha value is -2.09. The van der Waals surface area contributed by atoms with Gasteiger partial charge in [-0.05, 0) is 67.8 Å². The van der Waals surface area contributed by atoms with Crippen molar-refractivity contribution in [3.63, 3.8) is 0 Å². The van der Waals surface area contributed by atoms with Gasteiger partial charge >= 0.3 is 0 Å². The standard InChI is InChI=1S/C24H30Cl2N6O/c25-18-4-3-17(19(26)14-18)15-29-21-5-10-28-23(30-21)31-11-6-24(7-12-31)8-13-32(16-24)22(33)20-2-1-9-27-20/h3-5,10,14,20,27H,1-2,6-9,11-13,15-16H2,(H,28,29,30)/t20-/m0/s1. The van der Waals surface area contributed by atoms with Gasteiger partial charge in [0.15, 0.2) is 0 Å². The predicted octanol–water partition coefficient (Wildman–Crippen LogP) is 3.97. The quantitative estimate of drug-likeness (QED) is 0.663. The summed E-state index contributed by atoms with van der Waals surface area (Å²) in [5, 5.41) is 7.95. The largest absolute Gasteiger partial charge is 0.366 e. The number of anilines is 2. The van der Waals surface area contributed by atoms with Crippen LogP contribution in [-0.4, -0.2) is 59.5 Å². The highest BCUT2D eigenvalue weighted by atomic mass is 35.5. The van der Waals surface area contributed by atoms with Crippen molar-refractivity contribution in [3.05, 3.63) is 46.1 Å². The molecule has 3 fully saturated rings. The molecule has 1 aromatic heterocycles. The van der Waals surface area contributed by atoms with E-state index in [4.69, 9.17) is 28.2 Å². The second-order valence-electron chi connectivity index (χ2n) is 9.48. The third-order valence-corrected chi connectivity index (χ3v) is 7.92. The van der Waals surface area contributed by atoms with Gasteiger partial charge in [0, 0.05) is 49.0 Å². The molecule has 0 radical (unpaired) electrons. The molecule has 176 valence electrons. The zero-order valence-electron chi connectivity index (χ0n) is 18.7.